The van der Waals surface area contributed by atoms with Crippen molar-refractivity contribution in [3.05, 3.63) is 45.0 Å². The minimum absolute atomic E-state index is 0.0184. The highest BCUT2D eigenvalue weighted by Crippen LogP contribution is 2.25. The van der Waals surface area contributed by atoms with E-state index in [9.17, 15) is 15.0 Å². The lowest BCUT2D eigenvalue weighted by Crippen LogP contribution is -2.42. The smallest absolute Gasteiger partial charge is 0.270 e. The van der Waals surface area contributed by atoms with E-state index in [0.717, 1.165) is 32.1 Å². The van der Waals surface area contributed by atoms with Gasteiger partial charge in [0.15, 0.2) is 0 Å². The molecular weight excluding hydrogens is 306 g/mol. The van der Waals surface area contributed by atoms with Crippen LogP contribution in [0, 0.1) is 11.3 Å². The normalized spacial score (nSPS) is 15.4. The number of aromatic amines is 1. The van der Waals surface area contributed by atoms with Crippen LogP contribution in [0.4, 0.5) is 0 Å². The average Bonchev–Trinajstić information content (AvgIpc) is 2.62. The van der Waals surface area contributed by atoms with Crippen LogP contribution in [0.25, 0.3) is 16.4 Å². The molecule has 1 heterocycles. The molecule has 1 aliphatic carbocycles. The van der Waals surface area contributed by atoms with E-state index in [1.54, 1.807) is 18.2 Å². The maximum Gasteiger partial charge on any atom is 0.270 e. The maximum atomic E-state index is 12.0. The predicted octanol–water partition coefficient (Wildman–Crippen LogP) is 1.56. The van der Waals surface area contributed by atoms with Crippen molar-refractivity contribution >= 4 is 22.8 Å². The molecule has 0 unspecified atom stereocenters. The molecule has 1 amide bonds. The number of amides is 1. The Balaban J connectivity index is 2.21. The molecule has 3 N–H and O–H groups in total. The molecule has 1 saturated carbocycles. The zero-order valence-electron chi connectivity index (χ0n) is 13.6. The Morgan fingerprint density at radius 2 is 2.04 bits per heavy atom. The van der Waals surface area contributed by atoms with Crippen LogP contribution in [0.1, 0.15) is 42.5 Å². The fourth-order valence-corrected chi connectivity index (χ4v) is 3.29. The Morgan fingerprint density at radius 1 is 1.33 bits per heavy atom. The molecular formula is C17H20N5O2-. The van der Waals surface area contributed by atoms with Crippen LogP contribution in [0.2, 0.25) is 0 Å². The molecule has 1 aliphatic rings. The summed E-state index contributed by atoms with van der Waals surface area (Å²) in [4.78, 5) is 26.6. The maximum absolute atomic E-state index is 12.0. The van der Waals surface area contributed by atoms with Gasteiger partial charge in [0.05, 0.1) is 0 Å². The second-order valence-corrected chi connectivity index (χ2v) is 6.14. The number of carbonyl (C=O) groups is 1. The predicted molar refractivity (Wildman–Crippen MR) is 92.1 cm³/mol. The fraction of sp³-hybridized carbons (Fsp3) is 0.412. The van der Waals surface area contributed by atoms with Gasteiger partial charge in [-0.1, -0.05) is 25.1 Å². The highest BCUT2D eigenvalue weighted by Gasteiger charge is 2.16. The molecule has 1 fully saturated rings. The van der Waals surface area contributed by atoms with Crippen molar-refractivity contribution in [2.75, 3.05) is 7.05 Å². The Bertz CT molecular complexity index is 919. The van der Waals surface area contributed by atoms with Crippen molar-refractivity contribution in [1.29, 1.82) is 5.41 Å². The number of nitrogens with one attached hydrogen (secondary N) is 3. The van der Waals surface area contributed by atoms with Gasteiger partial charge in [-0.3, -0.25) is 15.0 Å². The Kier molecular flexibility index (Phi) is 4.33. The number of aromatic nitrogens is 2. The number of nitrogens with zero attached hydrogens (tertiary/aromatic N) is 2. The van der Waals surface area contributed by atoms with Gasteiger partial charge in [-0.25, -0.2) is 0 Å². The number of benzene rings is 1. The van der Waals surface area contributed by atoms with Crippen molar-refractivity contribution in [3.8, 4) is 0 Å². The number of hydrogen-bond donors (Lipinski definition) is 3. The lowest BCUT2D eigenvalue weighted by atomic mass is 9.88. The van der Waals surface area contributed by atoms with E-state index in [2.05, 4.69) is 10.3 Å². The quantitative estimate of drug-likeness (QED) is 0.574. The molecule has 0 saturated heterocycles. The van der Waals surface area contributed by atoms with Crippen molar-refractivity contribution in [3.63, 3.8) is 0 Å². The van der Waals surface area contributed by atoms with Gasteiger partial charge in [0.25, 0.3) is 11.5 Å². The average molecular weight is 326 g/mol. The Hall–Kier alpha value is -2.70. The van der Waals surface area contributed by atoms with Crippen LogP contribution in [-0.2, 0) is 0 Å². The molecule has 0 radical (unpaired) electrons. The third-order valence-electron chi connectivity index (χ3n) is 4.61. The number of rotatable bonds is 2. The molecule has 126 valence electrons. The largest absolute Gasteiger partial charge is 0.468 e. The highest BCUT2D eigenvalue weighted by molar-refractivity contribution is 6.00. The van der Waals surface area contributed by atoms with E-state index in [1.807, 2.05) is 0 Å². The van der Waals surface area contributed by atoms with Gasteiger partial charge < -0.3 is 20.3 Å². The summed E-state index contributed by atoms with van der Waals surface area (Å²) in [5.74, 6) is -0.315. The number of fused-ring (bicyclic) bond motifs is 1. The second kappa shape index (κ2) is 6.43. The molecule has 7 heteroatoms. The van der Waals surface area contributed by atoms with Crippen molar-refractivity contribution in [2.45, 2.75) is 32.1 Å². The van der Waals surface area contributed by atoms with Crippen LogP contribution in [0.5, 0.6) is 0 Å². The van der Waals surface area contributed by atoms with Crippen LogP contribution in [0.15, 0.2) is 23.0 Å². The van der Waals surface area contributed by atoms with Gasteiger partial charge >= 0.3 is 0 Å². The molecule has 1 aromatic heterocycles. The first kappa shape index (κ1) is 16.2. The summed E-state index contributed by atoms with van der Waals surface area (Å²) in [5, 5.41) is 21.4. The summed E-state index contributed by atoms with van der Waals surface area (Å²) in [6.07, 6.45) is 4.85. The van der Waals surface area contributed by atoms with Gasteiger partial charge in [0.2, 0.25) is 0 Å². The van der Waals surface area contributed by atoms with Crippen LogP contribution < -0.4 is 16.4 Å². The van der Waals surface area contributed by atoms with Crippen LogP contribution >= 0.6 is 0 Å². The SMILES string of the molecule is CNC(=O)c1ccc2[nH]c(=O)c(=N)n(C(=[N-])C3CCCCC3)c2c1. The number of H-pyrrole nitrogens is 1. The summed E-state index contributed by atoms with van der Waals surface area (Å²) in [6.45, 7) is 0. The lowest BCUT2D eigenvalue weighted by molar-refractivity contribution is 0.0963. The Morgan fingerprint density at radius 3 is 2.71 bits per heavy atom. The van der Waals surface area contributed by atoms with E-state index in [0.29, 0.717) is 16.6 Å². The van der Waals surface area contributed by atoms with Crippen molar-refractivity contribution in [1.82, 2.24) is 14.9 Å². The van der Waals surface area contributed by atoms with E-state index in [-0.39, 0.29) is 23.1 Å². The molecule has 7 nitrogen and oxygen atoms in total. The summed E-state index contributed by atoms with van der Waals surface area (Å²) in [7, 11) is 1.54. The molecule has 1 aromatic carbocycles. The zero-order chi connectivity index (χ0) is 17.3. The lowest BCUT2D eigenvalue weighted by Gasteiger charge is -2.31. The van der Waals surface area contributed by atoms with Gasteiger partial charge in [-0.2, -0.15) is 0 Å². The van der Waals surface area contributed by atoms with E-state index in [1.165, 1.54) is 11.6 Å². The summed E-state index contributed by atoms with van der Waals surface area (Å²) in [5.41, 5.74) is 0.425. The molecule has 24 heavy (non-hydrogen) atoms. The third-order valence-corrected chi connectivity index (χ3v) is 4.61. The minimum Gasteiger partial charge on any atom is -0.468 e. The van der Waals surface area contributed by atoms with Crippen LogP contribution in [-0.4, -0.2) is 28.3 Å². The Labute approximate surface area is 138 Å². The molecule has 3 rings (SSSR count). The molecule has 0 spiro atoms. The van der Waals surface area contributed by atoms with Crippen LogP contribution in [0.3, 0.4) is 0 Å². The number of hydrogen-bond acceptors (Lipinski definition) is 3. The molecule has 0 bridgehead atoms. The van der Waals surface area contributed by atoms with Gasteiger partial charge in [-0.05, 0) is 42.5 Å². The van der Waals surface area contributed by atoms with Gasteiger partial charge in [0.1, 0.15) is 5.49 Å². The van der Waals surface area contributed by atoms with Gasteiger partial charge in [-0.15, -0.1) is 0 Å². The fourth-order valence-electron chi connectivity index (χ4n) is 3.29. The summed E-state index contributed by atoms with van der Waals surface area (Å²) < 4.78 is 1.27. The van der Waals surface area contributed by atoms with Crippen molar-refractivity contribution < 1.29 is 4.79 Å². The van der Waals surface area contributed by atoms with E-state index >= 15 is 0 Å². The topological polar surface area (TPSA) is 113 Å². The summed E-state index contributed by atoms with van der Waals surface area (Å²) >= 11 is 0. The van der Waals surface area contributed by atoms with Gasteiger partial charge in [0, 0.05) is 18.1 Å². The minimum atomic E-state index is -0.572. The second-order valence-electron chi connectivity index (χ2n) is 6.14. The molecule has 0 aliphatic heterocycles. The van der Waals surface area contributed by atoms with E-state index in [4.69, 9.17) is 5.41 Å². The standard InChI is InChI=1S/C17H20N5O2/c1-20-16(23)11-7-8-12-13(9-11)22(15(19)17(24)21-12)14(18)10-5-3-2-4-6-10/h7-10,19H,2-6H2,1H3,(H,20,23)(H,21,24)/q-1. The number of carbonyl (C=O) groups excluding carboxylic acids is 1. The monoisotopic (exact) mass is 326 g/mol. The summed E-state index contributed by atoms with van der Waals surface area (Å²) in [6, 6.07) is 4.80. The first-order valence-electron chi connectivity index (χ1n) is 8.15. The molecule has 0 atom stereocenters. The zero-order valence-corrected chi connectivity index (χ0v) is 13.6. The third kappa shape index (κ3) is 2.77. The highest BCUT2D eigenvalue weighted by atomic mass is 16.1. The first-order chi connectivity index (χ1) is 11.5. The molecule has 2 aromatic rings. The van der Waals surface area contributed by atoms with Crippen molar-refractivity contribution in [2.24, 2.45) is 5.92 Å². The van der Waals surface area contributed by atoms with E-state index < -0.39 is 5.56 Å². The first-order valence-corrected chi connectivity index (χ1v) is 8.15.